The largest absolute Gasteiger partial charge is 0.477 e. The molecule has 1 aromatic carbocycles. The van der Waals surface area contributed by atoms with Gasteiger partial charge in [-0.05, 0) is 36.6 Å². The molecule has 5 heteroatoms. The molecule has 1 fully saturated rings. The quantitative estimate of drug-likeness (QED) is 0.926. The maximum absolute atomic E-state index is 12.9. The number of nitrogens with zero attached hydrogens (tertiary/aromatic N) is 2. The molecule has 2 heterocycles. The number of amides is 1. The summed E-state index contributed by atoms with van der Waals surface area (Å²) in [6.07, 6.45) is 4.77. The van der Waals surface area contributed by atoms with Crippen LogP contribution in [0, 0.1) is 0 Å². The van der Waals surface area contributed by atoms with Crippen molar-refractivity contribution in [2.45, 2.75) is 24.7 Å². The van der Waals surface area contributed by atoms with Gasteiger partial charge in [0.25, 0.3) is 5.91 Å². The Kier molecular flexibility index (Phi) is 2.98. The number of carboxylic acids is 1. The van der Waals surface area contributed by atoms with Crippen molar-refractivity contribution in [2.75, 3.05) is 11.4 Å². The molecule has 1 amide bonds. The lowest BCUT2D eigenvalue weighted by atomic mass is 9.66. The lowest BCUT2D eigenvalue weighted by Gasteiger charge is -2.38. The Labute approximate surface area is 133 Å². The minimum atomic E-state index is -1.13. The highest BCUT2D eigenvalue weighted by atomic mass is 16.4. The molecular weight excluding hydrogens is 292 g/mol. The third-order valence-corrected chi connectivity index (χ3v) is 5.01. The van der Waals surface area contributed by atoms with Crippen molar-refractivity contribution in [3.05, 3.63) is 59.4 Å². The fourth-order valence-electron chi connectivity index (χ4n) is 3.68. The highest BCUT2D eigenvalue weighted by molar-refractivity contribution is 6.08. The number of rotatable bonds is 2. The smallest absolute Gasteiger partial charge is 0.354 e. The maximum atomic E-state index is 12.9. The third kappa shape index (κ3) is 2.04. The van der Waals surface area contributed by atoms with Gasteiger partial charge in [0.15, 0.2) is 0 Å². The number of anilines is 1. The molecule has 4 rings (SSSR count). The number of fused-ring (bicyclic) bond motifs is 2. The monoisotopic (exact) mass is 308 g/mol. The average molecular weight is 308 g/mol. The molecule has 1 N–H and O–H groups in total. The van der Waals surface area contributed by atoms with E-state index in [1.807, 2.05) is 18.2 Å². The highest BCUT2D eigenvalue weighted by Gasteiger charge is 2.48. The van der Waals surface area contributed by atoms with Crippen molar-refractivity contribution in [1.82, 2.24) is 4.98 Å². The molecule has 1 saturated carbocycles. The number of hydrogen-bond acceptors (Lipinski definition) is 3. The van der Waals surface area contributed by atoms with E-state index in [1.54, 1.807) is 11.0 Å². The molecule has 0 unspecified atom stereocenters. The molecule has 2 aliphatic rings. The second kappa shape index (κ2) is 4.91. The predicted molar refractivity (Wildman–Crippen MR) is 84.8 cm³/mol. The zero-order valence-electron chi connectivity index (χ0n) is 12.5. The third-order valence-electron chi connectivity index (χ3n) is 5.01. The molecule has 1 aliphatic heterocycles. The Bertz CT molecular complexity index is 811. The summed E-state index contributed by atoms with van der Waals surface area (Å²) >= 11 is 0. The number of benzene rings is 1. The molecule has 2 aromatic rings. The second-order valence-electron chi connectivity index (χ2n) is 6.28. The van der Waals surface area contributed by atoms with Crippen LogP contribution in [-0.2, 0) is 5.41 Å². The van der Waals surface area contributed by atoms with E-state index in [1.165, 1.54) is 24.2 Å². The van der Waals surface area contributed by atoms with E-state index in [0.29, 0.717) is 12.1 Å². The molecule has 116 valence electrons. The van der Waals surface area contributed by atoms with Crippen LogP contribution in [0.4, 0.5) is 5.69 Å². The van der Waals surface area contributed by atoms with Crippen molar-refractivity contribution in [2.24, 2.45) is 0 Å². The number of aromatic nitrogens is 1. The summed E-state index contributed by atoms with van der Waals surface area (Å²) in [5.74, 6) is -1.29. The lowest BCUT2D eigenvalue weighted by molar-refractivity contribution is 0.0690. The van der Waals surface area contributed by atoms with Crippen LogP contribution in [0.1, 0.15) is 45.7 Å². The average Bonchev–Trinajstić information content (AvgIpc) is 2.90. The summed E-state index contributed by atoms with van der Waals surface area (Å²) in [5, 5.41) is 9.06. The van der Waals surface area contributed by atoms with Gasteiger partial charge in [-0.2, -0.15) is 0 Å². The van der Waals surface area contributed by atoms with Gasteiger partial charge >= 0.3 is 5.97 Å². The van der Waals surface area contributed by atoms with E-state index < -0.39 is 5.97 Å². The van der Waals surface area contributed by atoms with Gasteiger partial charge in [0.1, 0.15) is 5.69 Å². The standard InChI is InChI=1S/C18H16N2O3/c21-16(12-6-9-19-14(10-12)17(22)23)20-11-18(7-3-8-18)13-4-1-2-5-15(13)20/h1-2,4-6,9-10H,3,7-8,11H2,(H,22,23). The van der Waals surface area contributed by atoms with Gasteiger partial charge in [-0.15, -0.1) is 0 Å². The molecule has 0 bridgehead atoms. The van der Waals surface area contributed by atoms with Gasteiger partial charge in [-0.1, -0.05) is 24.6 Å². The molecule has 1 spiro atoms. The SMILES string of the molecule is O=C(O)c1cc(C(=O)N2CC3(CCC3)c3ccccc32)ccn1. The van der Waals surface area contributed by atoms with Crippen LogP contribution < -0.4 is 4.90 Å². The van der Waals surface area contributed by atoms with Gasteiger partial charge in [0, 0.05) is 29.4 Å². The lowest BCUT2D eigenvalue weighted by Crippen LogP contribution is -2.41. The van der Waals surface area contributed by atoms with Gasteiger partial charge < -0.3 is 10.0 Å². The van der Waals surface area contributed by atoms with E-state index in [4.69, 9.17) is 5.11 Å². The van der Waals surface area contributed by atoms with Gasteiger partial charge in [0.05, 0.1) is 0 Å². The number of carbonyl (C=O) groups excluding carboxylic acids is 1. The first-order valence-corrected chi connectivity index (χ1v) is 7.71. The van der Waals surface area contributed by atoms with E-state index >= 15 is 0 Å². The van der Waals surface area contributed by atoms with Gasteiger partial charge in [-0.25, -0.2) is 9.78 Å². The molecule has 23 heavy (non-hydrogen) atoms. The zero-order chi connectivity index (χ0) is 16.0. The Balaban J connectivity index is 1.73. The maximum Gasteiger partial charge on any atom is 0.354 e. The summed E-state index contributed by atoms with van der Waals surface area (Å²) in [7, 11) is 0. The Morgan fingerprint density at radius 3 is 2.65 bits per heavy atom. The van der Waals surface area contributed by atoms with Gasteiger partial charge in [0.2, 0.25) is 0 Å². The van der Waals surface area contributed by atoms with E-state index in [9.17, 15) is 9.59 Å². The number of hydrogen-bond donors (Lipinski definition) is 1. The summed E-state index contributed by atoms with van der Waals surface area (Å²) in [6, 6.07) is 11.0. The Morgan fingerprint density at radius 1 is 1.17 bits per heavy atom. The molecule has 1 aromatic heterocycles. The van der Waals surface area contributed by atoms with Crippen molar-refractivity contribution in [1.29, 1.82) is 0 Å². The van der Waals surface area contributed by atoms with Crippen LogP contribution in [-0.4, -0.2) is 28.5 Å². The van der Waals surface area contributed by atoms with Gasteiger partial charge in [-0.3, -0.25) is 4.79 Å². The fraction of sp³-hybridized carbons (Fsp3) is 0.278. The van der Waals surface area contributed by atoms with Crippen LogP contribution in [0.5, 0.6) is 0 Å². The van der Waals surface area contributed by atoms with E-state index in [2.05, 4.69) is 11.1 Å². The van der Waals surface area contributed by atoms with E-state index in [0.717, 1.165) is 18.5 Å². The first-order valence-electron chi connectivity index (χ1n) is 7.71. The normalized spacial score (nSPS) is 17.7. The van der Waals surface area contributed by atoms with Crippen LogP contribution in [0.15, 0.2) is 42.6 Å². The summed E-state index contributed by atoms with van der Waals surface area (Å²) in [4.78, 5) is 29.5. The molecule has 5 nitrogen and oxygen atoms in total. The van der Waals surface area contributed by atoms with Crippen molar-refractivity contribution in [3.8, 4) is 0 Å². The number of carbonyl (C=O) groups is 2. The number of aromatic carboxylic acids is 1. The van der Waals surface area contributed by atoms with Crippen molar-refractivity contribution in [3.63, 3.8) is 0 Å². The minimum absolute atomic E-state index is 0.0922. The zero-order valence-corrected chi connectivity index (χ0v) is 12.5. The van der Waals surface area contributed by atoms with Crippen LogP contribution in [0.25, 0.3) is 0 Å². The molecule has 0 saturated heterocycles. The number of pyridine rings is 1. The summed E-state index contributed by atoms with van der Waals surface area (Å²) in [5.41, 5.74) is 2.54. The minimum Gasteiger partial charge on any atom is -0.477 e. The Hall–Kier alpha value is -2.69. The van der Waals surface area contributed by atoms with Crippen molar-refractivity contribution >= 4 is 17.6 Å². The van der Waals surface area contributed by atoms with E-state index in [-0.39, 0.29) is 17.0 Å². The first kappa shape index (κ1) is 13.9. The second-order valence-corrected chi connectivity index (χ2v) is 6.28. The Morgan fingerprint density at radius 2 is 1.96 bits per heavy atom. The summed E-state index contributed by atoms with van der Waals surface area (Å²) in [6.45, 7) is 0.676. The molecule has 0 radical (unpaired) electrons. The molecule has 0 atom stereocenters. The topological polar surface area (TPSA) is 70.5 Å². The molecular formula is C18H16N2O3. The summed E-state index contributed by atoms with van der Waals surface area (Å²) < 4.78 is 0. The number of carboxylic acid groups (broad SMARTS) is 1. The first-order chi connectivity index (χ1) is 11.1. The molecule has 1 aliphatic carbocycles. The van der Waals surface area contributed by atoms with Crippen LogP contribution in [0.3, 0.4) is 0 Å². The number of para-hydroxylation sites is 1. The fourth-order valence-corrected chi connectivity index (χ4v) is 3.68. The van der Waals surface area contributed by atoms with Crippen LogP contribution >= 0.6 is 0 Å². The predicted octanol–water partition coefficient (Wildman–Crippen LogP) is 2.86. The van der Waals surface area contributed by atoms with Crippen molar-refractivity contribution < 1.29 is 14.7 Å². The highest BCUT2D eigenvalue weighted by Crippen LogP contribution is 2.52. The van der Waals surface area contributed by atoms with Crippen LogP contribution in [0.2, 0.25) is 0 Å².